The summed E-state index contributed by atoms with van der Waals surface area (Å²) in [5.41, 5.74) is 1.02. The van der Waals surface area contributed by atoms with Gasteiger partial charge in [0.15, 0.2) is 0 Å². The van der Waals surface area contributed by atoms with Gasteiger partial charge in [-0.1, -0.05) is 12.8 Å². The summed E-state index contributed by atoms with van der Waals surface area (Å²) in [4.78, 5) is 12.4. The topological polar surface area (TPSA) is 87.3 Å². The minimum absolute atomic E-state index is 0.0201. The van der Waals surface area contributed by atoms with Crippen LogP contribution >= 0.6 is 0 Å². The Balaban J connectivity index is 1.52. The second-order valence-corrected chi connectivity index (χ2v) is 9.01. The van der Waals surface area contributed by atoms with Crippen molar-refractivity contribution in [2.45, 2.75) is 63.6 Å². The Hall–Kier alpha value is -1.60. The Bertz CT molecular complexity index is 697. The molecule has 0 unspecified atom stereocenters. The molecule has 3 rings (SSSR count). The second kappa shape index (κ2) is 7.74. The average Bonchev–Trinajstić information content (AvgIpc) is 3.10. The third kappa shape index (κ3) is 4.73. The summed E-state index contributed by atoms with van der Waals surface area (Å²) >= 11 is 0. The molecule has 0 bridgehead atoms. The number of nitrogens with one attached hydrogen (secondary N) is 3. The fraction of sp³-hybridized carbons (Fsp3) is 0.611. The van der Waals surface area contributed by atoms with E-state index in [9.17, 15) is 13.2 Å². The molecule has 1 aromatic rings. The van der Waals surface area contributed by atoms with Crippen LogP contribution in [0.25, 0.3) is 0 Å². The van der Waals surface area contributed by atoms with Crippen LogP contribution in [0.2, 0.25) is 0 Å². The number of hydrogen-bond donors (Lipinski definition) is 3. The molecule has 6 nitrogen and oxygen atoms in total. The van der Waals surface area contributed by atoms with Crippen molar-refractivity contribution in [2.75, 3.05) is 10.5 Å². The number of amides is 1. The Labute approximate surface area is 149 Å². The summed E-state index contributed by atoms with van der Waals surface area (Å²) in [5.74, 6) is -0.0837. The van der Waals surface area contributed by atoms with Gasteiger partial charge in [-0.2, -0.15) is 0 Å². The summed E-state index contributed by atoms with van der Waals surface area (Å²) in [6.45, 7) is 1.58. The first-order chi connectivity index (χ1) is 12.0. The van der Waals surface area contributed by atoms with E-state index in [0.29, 0.717) is 23.3 Å². The molecular formula is C18H27N3O3S. The van der Waals surface area contributed by atoms with Gasteiger partial charge in [-0.3, -0.25) is 9.52 Å². The van der Waals surface area contributed by atoms with Gasteiger partial charge in [0.2, 0.25) is 10.0 Å². The van der Waals surface area contributed by atoms with Crippen molar-refractivity contribution in [3.63, 3.8) is 0 Å². The molecular weight excluding hydrogens is 338 g/mol. The quantitative estimate of drug-likeness (QED) is 0.691. The maximum atomic E-state index is 12.4. The Kier molecular flexibility index (Phi) is 5.64. The van der Waals surface area contributed by atoms with Crippen molar-refractivity contribution < 1.29 is 13.2 Å². The smallest absolute Gasteiger partial charge is 0.251 e. The number of anilines is 1. The van der Waals surface area contributed by atoms with Crippen LogP contribution in [-0.4, -0.2) is 38.2 Å². The van der Waals surface area contributed by atoms with Gasteiger partial charge in [0, 0.05) is 29.4 Å². The Morgan fingerprint density at radius 1 is 1.04 bits per heavy atom. The Morgan fingerprint density at radius 3 is 2.24 bits per heavy atom. The molecule has 7 heteroatoms. The molecule has 0 radical (unpaired) electrons. The molecule has 0 heterocycles. The van der Waals surface area contributed by atoms with Gasteiger partial charge in [0.25, 0.3) is 5.91 Å². The fourth-order valence-electron chi connectivity index (χ4n) is 3.46. The first kappa shape index (κ1) is 18.2. The normalized spacial score (nSPS) is 23.9. The van der Waals surface area contributed by atoms with Gasteiger partial charge < -0.3 is 10.6 Å². The number of carbonyl (C=O) groups excluding carboxylic acids is 1. The summed E-state index contributed by atoms with van der Waals surface area (Å²) < 4.78 is 25.6. The lowest BCUT2D eigenvalue weighted by molar-refractivity contribution is 0.0889. The van der Waals surface area contributed by atoms with Gasteiger partial charge in [0.05, 0.1) is 5.75 Å². The molecule has 2 atom stereocenters. The Morgan fingerprint density at radius 2 is 1.68 bits per heavy atom. The van der Waals surface area contributed by atoms with Crippen LogP contribution in [0.3, 0.4) is 0 Å². The molecule has 1 aromatic carbocycles. The van der Waals surface area contributed by atoms with Gasteiger partial charge in [0.1, 0.15) is 0 Å². The lowest BCUT2D eigenvalue weighted by Gasteiger charge is -2.39. The molecule has 2 fully saturated rings. The first-order valence-electron chi connectivity index (χ1n) is 9.14. The monoisotopic (exact) mass is 365 g/mol. The lowest BCUT2D eigenvalue weighted by atomic mass is 9.85. The number of carbonyl (C=O) groups is 1. The fourth-order valence-corrected chi connectivity index (χ4v) is 4.10. The van der Waals surface area contributed by atoms with E-state index in [0.717, 1.165) is 12.8 Å². The number of rotatable bonds is 7. The predicted molar refractivity (Wildman–Crippen MR) is 99.2 cm³/mol. The highest BCUT2D eigenvalue weighted by Gasteiger charge is 2.34. The van der Waals surface area contributed by atoms with E-state index < -0.39 is 10.0 Å². The third-order valence-electron chi connectivity index (χ3n) is 5.20. The van der Waals surface area contributed by atoms with Crippen molar-refractivity contribution in [2.24, 2.45) is 0 Å². The predicted octanol–water partition coefficient (Wildman–Crippen LogP) is 2.24. The summed E-state index contributed by atoms with van der Waals surface area (Å²) in [5, 5.41) is 6.77. The molecule has 25 heavy (non-hydrogen) atoms. The molecule has 2 saturated carbocycles. The first-order valence-corrected chi connectivity index (χ1v) is 10.8. The maximum Gasteiger partial charge on any atom is 0.251 e. The van der Waals surface area contributed by atoms with E-state index >= 15 is 0 Å². The minimum atomic E-state index is -3.30. The summed E-state index contributed by atoms with van der Waals surface area (Å²) in [7, 11) is -3.30. The van der Waals surface area contributed by atoms with E-state index in [2.05, 4.69) is 15.4 Å². The van der Waals surface area contributed by atoms with Crippen LogP contribution in [0.15, 0.2) is 24.3 Å². The van der Waals surface area contributed by atoms with Gasteiger partial charge in [-0.05, 0) is 56.9 Å². The molecule has 0 saturated heterocycles. The van der Waals surface area contributed by atoms with Crippen molar-refractivity contribution in [3.05, 3.63) is 29.8 Å². The average molecular weight is 365 g/mol. The highest BCUT2D eigenvalue weighted by molar-refractivity contribution is 7.92. The van der Waals surface area contributed by atoms with Gasteiger partial charge in [-0.25, -0.2) is 8.42 Å². The molecule has 0 aliphatic heterocycles. The second-order valence-electron chi connectivity index (χ2n) is 6.99. The molecule has 138 valence electrons. The van der Waals surface area contributed by atoms with E-state index in [4.69, 9.17) is 0 Å². The largest absolute Gasteiger partial charge is 0.348 e. The van der Waals surface area contributed by atoms with Crippen molar-refractivity contribution in [1.82, 2.24) is 10.6 Å². The highest BCUT2D eigenvalue weighted by Crippen LogP contribution is 2.25. The van der Waals surface area contributed by atoms with Gasteiger partial charge in [-0.15, -0.1) is 0 Å². The van der Waals surface area contributed by atoms with Crippen molar-refractivity contribution in [1.29, 1.82) is 0 Å². The minimum Gasteiger partial charge on any atom is -0.348 e. The molecule has 0 spiro atoms. The van der Waals surface area contributed by atoms with Crippen LogP contribution in [0.5, 0.6) is 0 Å². The van der Waals surface area contributed by atoms with Crippen LogP contribution in [0.1, 0.15) is 55.8 Å². The van der Waals surface area contributed by atoms with Crippen molar-refractivity contribution >= 4 is 21.6 Å². The number of hydrogen-bond acceptors (Lipinski definition) is 4. The van der Waals surface area contributed by atoms with E-state index in [1.807, 2.05) is 0 Å². The number of benzene rings is 1. The lowest BCUT2D eigenvalue weighted by Crippen LogP contribution is -2.58. The van der Waals surface area contributed by atoms with E-state index in [1.165, 1.54) is 25.7 Å². The van der Waals surface area contributed by atoms with Crippen molar-refractivity contribution in [3.8, 4) is 0 Å². The van der Waals surface area contributed by atoms with E-state index in [-0.39, 0.29) is 17.7 Å². The summed E-state index contributed by atoms with van der Waals surface area (Å²) in [6.07, 6.45) is 7.20. The van der Waals surface area contributed by atoms with Crippen LogP contribution in [-0.2, 0) is 10.0 Å². The summed E-state index contributed by atoms with van der Waals surface area (Å²) in [6, 6.07) is 7.72. The molecule has 0 aromatic heterocycles. The van der Waals surface area contributed by atoms with Crippen LogP contribution < -0.4 is 15.4 Å². The van der Waals surface area contributed by atoms with Crippen LogP contribution in [0, 0.1) is 0 Å². The zero-order valence-corrected chi connectivity index (χ0v) is 15.4. The maximum absolute atomic E-state index is 12.4. The SMILES string of the molecule is CCS(=O)(=O)Nc1ccc(C(=O)N[C@@H]2CC[C@@H]2NC2CCCC2)cc1. The molecule has 2 aliphatic carbocycles. The zero-order valence-electron chi connectivity index (χ0n) is 14.6. The standard InChI is InChI=1S/C18H27N3O3S/c1-2-25(23,24)21-15-9-7-13(8-10-15)18(22)20-17-12-11-16(17)19-14-5-3-4-6-14/h7-10,14,16-17,19,21H,2-6,11-12H2,1H3,(H,20,22)/t16-,17+/m0/s1. The molecule has 1 amide bonds. The number of sulfonamides is 1. The molecule has 2 aliphatic rings. The zero-order chi connectivity index (χ0) is 17.9. The van der Waals surface area contributed by atoms with Crippen LogP contribution in [0.4, 0.5) is 5.69 Å². The third-order valence-corrected chi connectivity index (χ3v) is 6.50. The van der Waals surface area contributed by atoms with Gasteiger partial charge >= 0.3 is 0 Å². The highest BCUT2D eigenvalue weighted by atomic mass is 32.2. The van der Waals surface area contributed by atoms with E-state index in [1.54, 1.807) is 31.2 Å². The molecule has 3 N–H and O–H groups in total.